The second kappa shape index (κ2) is 7.13. The van der Waals surface area contributed by atoms with Crippen LogP contribution in [0.2, 0.25) is 0 Å². The van der Waals surface area contributed by atoms with Crippen LogP contribution in [0.25, 0.3) is 5.57 Å². The van der Waals surface area contributed by atoms with Crippen molar-refractivity contribution in [2.24, 2.45) is 0 Å². The zero-order valence-corrected chi connectivity index (χ0v) is 15.4. The Morgan fingerprint density at radius 3 is 2.50 bits per heavy atom. The van der Waals surface area contributed by atoms with Crippen LogP contribution in [0.5, 0.6) is 11.5 Å². The van der Waals surface area contributed by atoms with Crippen LogP contribution in [-0.4, -0.2) is 25.4 Å². The lowest BCUT2D eigenvalue weighted by Crippen LogP contribution is -2.28. The second-order valence-electron chi connectivity index (χ2n) is 5.63. The fraction of sp³-hybridized carbons (Fsp3) is 0.158. The molecule has 6 nitrogen and oxygen atoms in total. The Hall–Kier alpha value is -2.93. The largest absolute Gasteiger partial charge is 0.497 e. The maximum absolute atomic E-state index is 12.9. The highest BCUT2D eigenvalue weighted by atomic mass is 32.2. The molecule has 1 heterocycles. The smallest absolute Gasteiger partial charge is 0.298 e. The first kappa shape index (κ1) is 17.9. The maximum Gasteiger partial charge on any atom is 0.298 e. The van der Waals surface area contributed by atoms with Gasteiger partial charge in [0.2, 0.25) is 0 Å². The van der Waals surface area contributed by atoms with Crippen LogP contribution in [0.15, 0.2) is 47.4 Å². The number of carbonyl (C=O) groups is 2. The van der Waals surface area contributed by atoms with E-state index in [9.17, 15) is 9.59 Å². The number of hydrogen-bond acceptors (Lipinski definition) is 6. The molecule has 134 valence electrons. The first-order chi connectivity index (χ1) is 12.5. The van der Waals surface area contributed by atoms with Crippen LogP contribution in [0.3, 0.4) is 0 Å². The van der Waals surface area contributed by atoms with Crippen molar-refractivity contribution in [2.75, 3.05) is 24.9 Å². The highest BCUT2D eigenvalue weighted by molar-refractivity contribution is 8.19. The molecule has 3 rings (SSSR count). The van der Waals surface area contributed by atoms with Crippen molar-refractivity contribution < 1.29 is 19.1 Å². The molecular formula is C19H18N2O4S. The number of nitrogen functional groups attached to an aromatic ring is 1. The third-order valence-corrected chi connectivity index (χ3v) is 5.10. The molecule has 0 aliphatic carbocycles. The number of carbonyl (C=O) groups excluding carboxylic acids is 2. The lowest BCUT2D eigenvalue weighted by Gasteiger charge is -2.17. The van der Waals surface area contributed by atoms with Crippen LogP contribution >= 0.6 is 11.8 Å². The SMILES string of the molecule is COc1ccc(N2C(=O)S/C(=C(/C)c3cccc(N)c3)C2=O)c(OC)c1. The molecule has 0 unspecified atom stereocenters. The van der Waals surface area contributed by atoms with Gasteiger partial charge >= 0.3 is 0 Å². The van der Waals surface area contributed by atoms with Gasteiger partial charge in [-0.15, -0.1) is 0 Å². The topological polar surface area (TPSA) is 81.9 Å². The summed E-state index contributed by atoms with van der Waals surface area (Å²) in [6.07, 6.45) is 0. The van der Waals surface area contributed by atoms with Gasteiger partial charge in [0.1, 0.15) is 11.5 Å². The zero-order chi connectivity index (χ0) is 18.8. The van der Waals surface area contributed by atoms with E-state index in [1.54, 1.807) is 37.3 Å². The zero-order valence-electron chi connectivity index (χ0n) is 14.6. The molecule has 2 amide bonds. The Morgan fingerprint density at radius 2 is 1.85 bits per heavy atom. The Kier molecular flexibility index (Phi) is 4.90. The van der Waals surface area contributed by atoms with E-state index in [4.69, 9.17) is 15.2 Å². The molecule has 1 aliphatic heterocycles. The minimum absolute atomic E-state index is 0.374. The maximum atomic E-state index is 12.9. The van der Waals surface area contributed by atoms with Gasteiger partial charge in [-0.2, -0.15) is 0 Å². The van der Waals surface area contributed by atoms with Gasteiger partial charge in [0.15, 0.2) is 0 Å². The van der Waals surface area contributed by atoms with Crippen LogP contribution in [-0.2, 0) is 4.79 Å². The molecule has 0 saturated carbocycles. The number of ether oxygens (including phenoxy) is 2. The van der Waals surface area contributed by atoms with Crippen LogP contribution in [0.1, 0.15) is 12.5 Å². The van der Waals surface area contributed by atoms with Gasteiger partial charge in [-0.3, -0.25) is 9.59 Å². The summed E-state index contributed by atoms with van der Waals surface area (Å²) in [5.41, 5.74) is 8.30. The van der Waals surface area contributed by atoms with E-state index < -0.39 is 0 Å². The van der Waals surface area contributed by atoms with E-state index in [0.29, 0.717) is 33.4 Å². The standard InChI is InChI=1S/C19H18N2O4S/c1-11(12-5-4-6-13(20)9-12)17-18(22)21(19(23)26-17)15-8-7-14(24-2)10-16(15)25-3/h4-10H,20H2,1-3H3/b17-11-. The Balaban J connectivity index is 2.04. The summed E-state index contributed by atoms with van der Waals surface area (Å²) in [4.78, 5) is 27.0. The molecule has 2 N–H and O–H groups in total. The third kappa shape index (κ3) is 3.13. The number of nitrogens with two attached hydrogens (primary N) is 1. The third-order valence-electron chi connectivity index (χ3n) is 4.06. The predicted octanol–water partition coefficient (Wildman–Crippen LogP) is 3.92. The number of rotatable bonds is 4. The van der Waals surface area contributed by atoms with E-state index >= 15 is 0 Å². The first-order valence-corrected chi connectivity index (χ1v) is 8.63. The molecule has 1 aliphatic rings. The van der Waals surface area contributed by atoms with E-state index in [1.807, 2.05) is 12.1 Å². The monoisotopic (exact) mass is 370 g/mol. The van der Waals surface area contributed by atoms with Crippen molar-refractivity contribution in [2.45, 2.75) is 6.92 Å². The summed E-state index contributed by atoms with van der Waals surface area (Å²) in [7, 11) is 3.01. The van der Waals surface area contributed by atoms with Gasteiger partial charge in [-0.05, 0) is 54.1 Å². The fourth-order valence-corrected chi connectivity index (χ4v) is 3.58. The van der Waals surface area contributed by atoms with Gasteiger partial charge < -0.3 is 15.2 Å². The molecule has 0 spiro atoms. The summed E-state index contributed by atoms with van der Waals surface area (Å²) in [5, 5.41) is -0.378. The first-order valence-electron chi connectivity index (χ1n) is 7.81. The van der Waals surface area contributed by atoms with E-state index in [-0.39, 0.29) is 11.1 Å². The summed E-state index contributed by atoms with van der Waals surface area (Å²) < 4.78 is 10.5. The average molecular weight is 370 g/mol. The van der Waals surface area contributed by atoms with Crippen LogP contribution in [0.4, 0.5) is 16.2 Å². The highest BCUT2D eigenvalue weighted by Crippen LogP contribution is 2.42. The van der Waals surface area contributed by atoms with Crippen LogP contribution in [0, 0.1) is 0 Å². The molecule has 2 aromatic carbocycles. The molecule has 2 aromatic rings. The van der Waals surface area contributed by atoms with E-state index in [2.05, 4.69) is 0 Å². The minimum Gasteiger partial charge on any atom is -0.497 e. The quantitative estimate of drug-likeness (QED) is 0.649. The van der Waals surface area contributed by atoms with Crippen molar-refractivity contribution in [1.29, 1.82) is 0 Å². The van der Waals surface area contributed by atoms with Crippen molar-refractivity contribution in [3.8, 4) is 11.5 Å². The number of nitrogens with zero attached hydrogens (tertiary/aromatic N) is 1. The van der Waals surface area contributed by atoms with Crippen molar-refractivity contribution in [3.05, 3.63) is 52.9 Å². The van der Waals surface area contributed by atoms with E-state index in [0.717, 1.165) is 22.2 Å². The van der Waals surface area contributed by atoms with Gasteiger partial charge in [0.25, 0.3) is 11.1 Å². The Morgan fingerprint density at radius 1 is 1.08 bits per heavy atom. The van der Waals surface area contributed by atoms with Crippen molar-refractivity contribution >= 4 is 39.9 Å². The Labute approximate surface area is 155 Å². The molecular weight excluding hydrogens is 352 g/mol. The minimum atomic E-state index is -0.386. The molecule has 7 heteroatoms. The van der Waals surface area contributed by atoms with Crippen molar-refractivity contribution in [1.82, 2.24) is 0 Å². The van der Waals surface area contributed by atoms with E-state index in [1.165, 1.54) is 14.2 Å². The molecule has 0 aromatic heterocycles. The van der Waals surface area contributed by atoms with Gasteiger partial charge in [0.05, 0.1) is 24.8 Å². The molecule has 0 bridgehead atoms. The number of hydrogen-bond donors (Lipinski definition) is 1. The number of amides is 2. The summed E-state index contributed by atoms with van der Waals surface area (Å²) in [5.74, 6) is 0.571. The average Bonchev–Trinajstić information content (AvgIpc) is 2.94. The van der Waals surface area contributed by atoms with Crippen LogP contribution < -0.4 is 20.1 Å². The second-order valence-corrected chi connectivity index (χ2v) is 6.59. The number of methoxy groups -OCH3 is 2. The number of anilines is 2. The fourth-order valence-electron chi connectivity index (χ4n) is 2.68. The lowest BCUT2D eigenvalue weighted by molar-refractivity contribution is -0.113. The molecule has 1 fully saturated rings. The number of imide groups is 1. The molecule has 0 radical (unpaired) electrons. The number of thioether (sulfide) groups is 1. The normalized spacial score (nSPS) is 16.0. The molecule has 26 heavy (non-hydrogen) atoms. The highest BCUT2D eigenvalue weighted by Gasteiger charge is 2.39. The summed E-state index contributed by atoms with van der Waals surface area (Å²) in [6.45, 7) is 1.80. The predicted molar refractivity (Wildman–Crippen MR) is 103 cm³/mol. The number of benzene rings is 2. The van der Waals surface area contributed by atoms with Crippen molar-refractivity contribution in [3.63, 3.8) is 0 Å². The Bertz CT molecular complexity index is 924. The molecule has 0 atom stereocenters. The lowest BCUT2D eigenvalue weighted by atomic mass is 10.1. The summed E-state index contributed by atoms with van der Waals surface area (Å²) in [6, 6.07) is 12.1. The van der Waals surface area contributed by atoms with Gasteiger partial charge in [0, 0.05) is 11.8 Å². The van der Waals surface area contributed by atoms with Gasteiger partial charge in [-0.25, -0.2) is 4.90 Å². The molecule has 1 saturated heterocycles. The van der Waals surface area contributed by atoms with Gasteiger partial charge in [-0.1, -0.05) is 12.1 Å². The summed E-state index contributed by atoms with van der Waals surface area (Å²) >= 11 is 0.904. The number of allylic oxidation sites excluding steroid dienone is 1.